The second-order valence-corrected chi connectivity index (χ2v) is 6.64. The minimum absolute atomic E-state index is 0. The van der Waals surface area contributed by atoms with E-state index in [9.17, 15) is 9.59 Å². The number of nitrogens with one attached hydrogen (secondary N) is 2. The van der Waals surface area contributed by atoms with Crippen LogP contribution in [0, 0.1) is 5.92 Å². The minimum Gasteiger partial charge on any atom is -0.347 e. The molecule has 2 amide bonds. The Hall–Kier alpha value is -2.11. The largest absolute Gasteiger partial charge is 0.347 e. The van der Waals surface area contributed by atoms with E-state index in [1.54, 1.807) is 0 Å². The predicted molar refractivity (Wildman–Crippen MR) is 107 cm³/mol. The molecule has 2 aromatic rings. The third-order valence-electron chi connectivity index (χ3n) is 4.80. The van der Waals surface area contributed by atoms with Gasteiger partial charge in [-0.2, -0.15) is 0 Å². The highest BCUT2D eigenvalue weighted by molar-refractivity contribution is 5.91. The van der Waals surface area contributed by atoms with Crippen molar-refractivity contribution in [3.63, 3.8) is 0 Å². The van der Waals surface area contributed by atoms with Gasteiger partial charge < -0.3 is 15.5 Å². The molecule has 140 valence electrons. The zero-order valence-electron chi connectivity index (χ0n) is 15.0. The van der Waals surface area contributed by atoms with Crippen molar-refractivity contribution in [3.05, 3.63) is 48.0 Å². The van der Waals surface area contributed by atoms with Gasteiger partial charge in [-0.05, 0) is 42.3 Å². The number of carbonyl (C=O) groups excluding carboxylic acids is 2. The van der Waals surface area contributed by atoms with Gasteiger partial charge in [-0.3, -0.25) is 9.59 Å². The lowest BCUT2D eigenvalue weighted by molar-refractivity contribution is -0.132. The molecule has 2 aromatic carbocycles. The number of nitrogens with zero attached hydrogens (tertiary/aromatic N) is 1. The number of halogens is 1. The van der Waals surface area contributed by atoms with Gasteiger partial charge in [0.15, 0.2) is 0 Å². The first kappa shape index (κ1) is 20.2. The summed E-state index contributed by atoms with van der Waals surface area (Å²) in [5.41, 5.74) is 0.985. The van der Waals surface area contributed by atoms with Gasteiger partial charge in [0, 0.05) is 13.1 Å². The molecule has 1 unspecified atom stereocenters. The molecule has 0 aromatic heterocycles. The van der Waals surface area contributed by atoms with Gasteiger partial charge in [0.25, 0.3) is 0 Å². The predicted octanol–water partition coefficient (Wildman–Crippen LogP) is 1.99. The summed E-state index contributed by atoms with van der Waals surface area (Å²) in [7, 11) is 1.93. The van der Waals surface area contributed by atoms with Gasteiger partial charge in [-0.25, -0.2) is 0 Å². The van der Waals surface area contributed by atoms with E-state index in [1.807, 2.05) is 54.4 Å². The Balaban J connectivity index is 0.00000243. The van der Waals surface area contributed by atoms with Crippen molar-refractivity contribution < 1.29 is 9.59 Å². The topological polar surface area (TPSA) is 61.4 Å². The summed E-state index contributed by atoms with van der Waals surface area (Å²) in [6, 6.07) is 14.0. The monoisotopic (exact) mass is 375 g/mol. The first-order valence-corrected chi connectivity index (χ1v) is 8.83. The summed E-state index contributed by atoms with van der Waals surface area (Å²) in [4.78, 5) is 26.4. The van der Waals surface area contributed by atoms with Gasteiger partial charge >= 0.3 is 0 Å². The Kier molecular flexibility index (Phi) is 7.42. The quantitative estimate of drug-likeness (QED) is 0.811. The second-order valence-electron chi connectivity index (χ2n) is 6.64. The van der Waals surface area contributed by atoms with Crippen molar-refractivity contribution in [2.45, 2.75) is 12.8 Å². The Morgan fingerprint density at radius 3 is 2.73 bits per heavy atom. The van der Waals surface area contributed by atoms with Crippen molar-refractivity contribution in [1.29, 1.82) is 0 Å². The highest BCUT2D eigenvalue weighted by atomic mass is 35.5. The van der Waals surface area contributed by atoms with Crippen LogP contribution in [-0.2, 0) is 16.0 Å². The van der Waals surface area contributed by atoms with E-state index in [4.69, 9.17) is 0 Å². The van der Waals surface area contributed by atoms with Crippen LogP contribution in [0.4, 0.5) is 0 Å². The first-order valence-electron chi connectivity index (χ1n) is 8.83. The van der Waals surface area contributed by atoms with Gasteiger partial charge in [0.05, 0.1) is 13.0 Å². The zero-order chi connectivity index (χ0) is 17.6. The number of amides is 2. The molecule has 0 radical (unpaired) electrons. The maximum atomic E-state index is 12.3. The van der Waals surface area contributed by atoms with Crippen LogP contribution < -0.4 is 10.6 Å². The summed E-state index contributed by atoms with van der Waals surface area (Å²) >= 11 is 0. The molecule has 5 nitrogen and oxygen atoms in total. The van der Waals surface area contributed by atoms with Crippen molar-refractivity contribution in [2.24, 2.45) is 5.92 Å². The molecule has 1 aliphatic heterocycles. The average Bonchev–Trinajstić information content (AvgIpc) is 3.09. The summed E-state index contributed by atoms with van der Waals surface area (Å²) in [5, 5.41) is 8.13. The molecule has 2 N–H and O–H groups in total. The van der Waals surface area contributed by atoms with E-state index in [1.165, 1.54) is 0 Å². The van der Waals surface area contributed by atoms with E-state index in [0.717, 1.165) is 42.4 Å². The van der Waals surface area contributed by atoms with Crippen molar-refractivity contribution >= 4 is 35.0 Å². The lowest BCUT2D eigenvalue weighted by atomic mass is 10.0. The Bertz CT molecular complexity index is 760. The summed E-state index contributed by atoms with van der Waals surface area (Å²) in [5.74, 6) is 0.404. The number of hydrogen-bond acceptors (Lipinski definition) is 3. The number of fused-ring (bicyclic) bond motifs is 1. The molecule has 0 aliphatic carbocycles. The summed E-state index contributed by atoms with van der Waals surface area (Å²) in [6.07, 6.45) is 1.31. The van der Waals surface area contributed by atoms with Crippen molar-refractivity contribution in [3.8, 4) is 0 Å². The maximum Gasteiger partial charge on any atom is 0.241 e. The molecule has 6 heteroatoms. The number of rotatable bonds is 6. The Labute approximate surface area is 160 Å². The van der Waals surface area contributed by atoms with Gasteiger partial charge in [-0.15, -0.1) is 12.4 Å². The summed E-state index contributed by atoms with van der Waals surface area (Å²) in [6.45, 7) is 2.57. The molecule has 1 atom stereocenters. The van der Waals surface area contributed by atoms with E-state index >= 15 is 0 Å². The van der Waals surface area contributed by atoms with Crippen LogP contribution in [0.3, 0.4) is 0 Å². The molecule has 1 fully saturated rings. The molecule has 1 saturated heterocycles. The van der Waals surface area contributed by atoms with Gasteiger partial charge in [0.1, 0.15) is 0 Å². The lowest BCUT2D eigenvalue weighted by Crippen LogP contribution is -2.39. The fraction of sp³-hybridized carbons (Fsp3) is 0.400. The molecule has 26 heavy (non-hydrogen) atoms. The minimum atomic E-state index is -0.115. The van der Waals surface area contributed by atoms with Crippen LogP contribution in [0.1, 0.15) is 12.0 Å². The summed E-state index contributed by atoms with van der Waals surface area (Å²) < 4.78 is 0. The third kappa shape index (κ3) is 4.96. The van der Waals surface area contributed by atoms with Crippen molar-refractivity contribution in [1.82, 2.24) is 15.5 Å². The number of hydrogen-bond donors (Lipinski definition) is 2. The van der Waals surface area contributed by atoms with Crippen LogP contribution in [0.25, 0.3) is 10.8 Å². The van der Waals surface area contributed by atoms with E-state index in [0.29, 0.717) is 5.92 Å². The standard InChI is InChI=1S/C20H25N3O2.ClH/c1-21-12-15-9-10-23(14-15)20(25)13-22-19(24)11-17-7-4-6-16-5-2-3-8-18(16)17;/h2-8,15,21H,9-14H2,1H3,(H,22,24);1H. The zero-order valence-corrected chi connectivity index (χ0v) is 15.8. The molecule has 1 heterocycles. The van der Waals surface area contributed by atoms with Crippen LogP contribution in [0.15, 0.2) is 42.5 Å². The average molecular weight is 376 g/mol. The van der Waals surface area contributed by atoms with Gasteiger partial charge in [-0.1, -0.05) is 42.5 Å². The Morgan fingerprint density at radius 1 is 1.15 bits per heavy atom. The van der Waals surface area contributed by atoms with Crippen LogP contribution in [0.5, 0.6) is 0 Å². The van der Waals surface area contributed by atoms with Crippen LogP contribution >= 0.6 is 12.4 Å². The van der Waals surface area contributed by atoms with E-state index in [-0.39, 0.29) is 37.2 Å². The fourth-order valence-electron chi connectivity index (χ4n) is 3.48. The maximum absolute atomic E-state index is 12.3. The lowest BCUT2D eigenvalue weighted by Gasteiger charge is -2.17. The van der Waals surface area contributed by atoms with E-state index in [2.05, 4.69) is 10.6 Å². The SMILES string of the molecule is CNCC1CCN(C(=O)CNC(=O)Cc2cccc3ccccc23)C1.Cl. The molecule has 1 aliphatic rings. The molecule has 0 spiro atoms. The molecule has 0 bridgehead atoms. The normalized spacial score (nSPS) is 16.3. The molecular weight excluding hydrogens is 350 g/mol. The highest BCUT2D eigenvalue weighted by Gasteiger charge is 2.25. The van der Waals surface area contributed by atoms with E-state index < -0.39 is 0 Å². The molecular formula is C20H26ClN3O2. The molecule has 3 rings (SSSR count). The number of likely N-dealkylation sites (tertiary alicyclic amines) is 1. The van der Waals surface area contributed by atoms with Gasteiger partial charge in [0.2, 0.25) is 11.8 Å². The van der Waals surface area contributed by atoms with Crippen LogP contribution in [0.2, 0.25) is 0 Å². The number of benzene rings is 2. The van der Waals surface area contributed by atoms with Crippen molar-refractivity contribution in [2.75, 3.05) is 33.2 Å². The second kappa shape index (κ2) is 9.55. The number of carbonyl (C=O) groups is 2. The van der Waals surface area contributed by atoms with Crippen LogP contribution in [-0.4, -0.2) is 49.9 Å². The smallest absolute Gasteiger partial charge is 0.241 e. The molecule has 0 saturated carbocycles. The Morgan fingerprint density at radius 2 is 1.92 bits per heavy atom. The third-order valence-corrected chi connectivity index (χ3v) is 4.80. The first-order chi connectivity index (χ1) is 12.2. The highest BCUT2D eigenvalue weighted by Crippen LogP contribution is 2.19. The fourth-order valence-corrected chi connectivity index (χ4v) is 3.48.